The van der Waals surface area contributed by atoms with Crippen molar-refractivity contribution in [3.05, 3.63) is 53.9 Å². The predicted molar refractivity (Wildman–Crippen MR) is 49.8 cm³/mol. The van der Waals surface area contributed by atoms with Gasteiger partial charge in [-0.3, -0.25) is 4.68 Å². The third kappa shape index (κ3) is 1.48. The number of hydrogen-bond acceptors (Lipinski definition) is 1. The second kappa shape index (κ2) is 3.30. The van der Waals surface area contributed by atoms with Crippen LogP contribution in [-0.2, 0) is 0 Å². The van der Waals surface area contributed by atoms with Gasteiger partial charge < -0.3 is 0 Å². The van der Waals surface area contributed by atoms with Crippen LogP contribution in [0.4, 0.5) is 10.1 Å². The minimum atomic E-state index is -0.286. The van der Waals surface area contributed by atoms with Gasteiger partial charge in [0.05, 0.1) is 18.5 Å². The van der Waals surface area contributed by atoms with E-state index in [-0.39, 0.29) is 5.82 Å². The summed E-state index contributed by atoms with van der Waals surface area (Å²) in [6, 6.07) is 5.93. The zero-order valence-corrected chi connectivity index (χ0v) is 7.18. The van der Waals surface area contributed by atoms with Crippen LogP contribution in [0.3, 0.4) is 0 Å². The van der Waals surface area contributed by atoms with Crippen molar-refractivity contribution < 1.29 is 4.39 Å². The predicted octanol–water partition coefficient (Wildman–Crippen LogP) is 2.56. The molecule has 3 nitrogen and oxygen atoms in total. The van der Waals surface area contributed by atoms with Crippen molar-refractivity contribution in [3.63, 3.8) is 0 Å². The molecule has 0 bridgehead atoms. The molecule has 0 N–H and O–H groups in total. The van der Waals surface area contributed by atoms with Gasteiger partial charge >= 0.3 is 0 Å². The Morgan fingerprint density at radius 2 is 2.00 bits per heavy atom. The van der Waals surface area contributed by atoms with E-state index in [1.54, 1.807) is 18.3 Å². The molecule has 1 aromatic heterocycles. The summed E-state index contributed by atoms with van der Waals surface area (Å²) >= 11 is 0. The Kier molecular flexibility index (Phi) is 1.99. The highest BCUT2D eigenvalue weighted by molar-refractivity contribution is 5.42. The lowest BCUT2D eigenvalue weighted by molar-refractivity contribution is 0.627. The molecule has 14 heavy (non-hydrogen) atoms. The Balaban J connectivity index is 2.40. The summed E-state index contributed by atoms with van der Waals surface area (Å²) in [6.07, 6.45) is 3.07. The first-order chi connectivity index (χ1) is 6.79. The molecule has 0 radical (unpaired) electrons. The Hall–Kier alpha value is -2.15. The molecule has 2 rings (SSSR count). The number of benzene rings is 1. The van der Waals surface area contributed by atoms with Crippen molar-refractivity contribution in [2.45, 2.75) is 0 Å². The van der Waals surface area contributed by atoms with E-state index in [9.17, 15) is 4.39 Å². The van der Waals surface area contributed by atoms with Crippen LogP contribution in [0.5, 0.6) is 0 Å². The number of nitrogens with zero attached hydrogens (tertiary/aromatic N) is 3. The van der Waals surface area contributed by atoms with E-state index >= 15 is 0 Å². The van der Waals surface area contributed by atoms with Crippen LogP contribution in [0.2, 0.25) is 0 Å². The van der Waals surface area contributed by atoms with Crippen LogP contribution in [-0.4, -0.2) is 9.78 Å². The first-order valence-electron chi connectivity index (χ1n) is 3.97. The van der Waals surface area contributed by atoms with Gasteiger partial charge in [0, 0.05) is 6.20 Å². The lowest BCUT2D eigenvalue weighted by Gasteiger charge is -1.99. The molecular weight excluding hydrogens is 181 g/mol. The summed E-state index contributed by atoms with van der Waals surface area (Å²) < 4.78 is 14.1. The zero-order valence-electron chi connectivity index (χ0n) is 7.18. The first-order valence-corrected chi connectivity index (χ1v) is 3.97. The average molecular weight is 187 g/mol. The lowest BCUT2D eigenvalue weighted by Crippen LogP contribution is -1.93. The quantitative estimate of drug-likeness (QED) is 0.629. The standard InChI is InChI=1S/C10H6FN3/c1-12-9-6-13-14(7-9)10-4-2-8(11)3-5-10/h2-7H. The molecule has 4 heteroatoms. The van der Waals surface area contributed by atoms with Gasteiger partial charge in [0.25, 0.3) is 0 Å². The van der Waals surface area contributed by atoms with Crippen molar-refractivity contribution in [2.24, 2.45) is 0 Å². The third-order valence-corrected chi connectivity index (χ3v) is 1.79. The van der Waals surface area contributed by atoms with Crippen LogP contribution in [0, 0.1) is 12.4 Å². The van der Waals surface area contributed by atoms with Crippen molar-refractivity contribution in [3.8, 4) is 5.69 Å². The highest BCUT2D eigenvalue weighted by Gasteiger charge is 1.99. The third-order valence-electron chi connectivity index (χ3n) is 1.79. The first kappa shape index (κ1) is 8.45. The Bertz CT molecular complexity index is 479. The molecule has 0 unspecified atom stereocenters. The average Bonchev–Trinajstić information content (AvgIpc) is 2.67. The van der Waals surface area contributed by atoms with Gasteiger partial charge in [0.1, 0.15) is 5.82 Å². The largest absolute Gasteiger partial charge is 0.253 e. The van der Waals surface area contributed by atoms with E-state index in [1.165, 1.54) is 23.0 Å². The molecular formula is C10H6FN3. The van der Waals surface area contributed by atoms with Crippen LogP contribution < -0.4 is 0 Å². The maximum atomic E-state index is 12.6. The van der Waals surface area contributed by atoms with E-state index < -0.39 is 0 Å². The summed E-state index contributed by atoms with van der Waals surface area (Å²) in [5, 5.41) is 3.97. The summed E-state index contributed by atoms with van der Waals surface area (Å²) in [6.45, 7) is 6.77. The molecule has 0 aliphatic heterocycles. The monoisotopic (exact) mass is 187 g/mol. The van der Waals surface area contributed by atoms with Crippen LogP contribution >= 0.6 is 0 Å². The Morgan fingerprint density at radius 1 is 1.29 bits per heavy atom. The van der Waals surface area contributed by atoms with E-state index in [2.05, 4.69) is 9.94 Å². The fourth-order valence-corrected chi connectivity index (χ4v) is 1.11. The van der Waals surface area contributed by atoms with Gasteiger partial charge in [-0.1, -0.05) is 0 Å². The second-order valence-electron chi connectivity index (χ2n) is 2.73. The fourth-order valence-electron chi connectivity index (χ4n) is 1.11. The molecule has 0 saturated heterocycles. The molecule has 0 saturated carbocycles. The molecule has 68 valence electrons. The van der Waals surface area contributed by atoms with Crippen LogP contribution in [0.15, 0.2) is 36.7 Å². The normalized spacial score (nSPS) is 9.71. The minimum Gasteiger partial charge on any atom is -0.253 e. The molecule has 0 amide bonds. The smallest absolute Gasteiger partial charge is 0.224 e. The number of aromatic nitrogens is 2. The molecule has 1 aromatic carbocycles. The fraction of sp³-hybridized carbons (Fsp3) is 0. The summed E-state index contributed by atoms with van der Waals surface area (Å²) in [7, 11) is 0. The molecule has 0 aliphatic carbocycles. The van der Waals surface area contributed by atoms with Crippen molar-refractivity contribution >= 4 is 5.69 Å². The van der Waals surface area contributed by atoms with Crippen molar-refractivity contribution in [2.75, 3.05) is 0 Å². The molecule has 0 fully saturated rings. The van der Waals surface area contributed by atoms with Crippen LogP contribution in [0.1, 0.15) is 0 Å². The topological polar surface area (TPSA) is 22.2 Å². The summed E-state index contributed by atoms with van der Waals surface area (Å²) in [5.41, 5.74) is 1.20. The number of rotatable bonds is 1. The Morgan fingerprint density at radius 3 is 2.57 bits per heavy atom. The molecule has 0 spiro atoms. The van der Waals surface area contributed by atoms with E-state index in [1.807, 2.05) is 0 Å². The molecule has 0 aliphatic rings. The maximum absolute atomic E-state index is 12.6. The highest BCUT2D eigenvalue weighted by Crippen LogP contribution is 2.14. The Labute approximate surface area is 80.2 Å². The number of hydrogen-bond donors (Lipinski definition) is 0. The van der Waals surface area contributed by atoms with E-state index in [0.717, 1.165) is 5.69 Å². The van der Waals surface area contributed by atoms with Gasteiger partial charge in [-0.15, -0.1) is 0 Å². The van der Waals surface area contributed by atoms with Crippen molar-refractivity contribution in [1.82, 2.24) is 9.78 Å². The highest BCUT2D eigenvalue weighted by atomic mass is 19.1. The summed E-state index contributed by atoms with van der Waals surface area (Å²) in [4.78, 5) is 3.23. The van der Waals surface area contributed by atoms with E-state index in [4.69, 9.17) is 6.57 Å². The SMILES string of the molecule is [C-]#[N+]c1cnn(-c2ccc(F)cc2)c1. The van der Waals surface area contributed by atoms with Crippen molar-refractivity contribution in [1.29, 1.82) is 0 Å². The lowest BCUT2D eigenvalue weighted by atomic mass is 10.3. The molecule has 2 aromatic rings. The van der Waals surface area contributed by atoms with E-state index in [0.29, 0.717) is 5.69 Å². The summed E-state index contributed by atoms with van der Waals surface area (Å²) in [5.74, 6) is -0.286. The molecule has 1 heterocycles. The van der Waals surface area contributed by atoms with Crippen LogP contribution in [0.25, 0.3) is 10.5 Å². The van der Waals surface area contributed by atoms with Gasteiger partial charge in [-0.25, -0.2) is 9.24 Å². The number of halogens is 1. The van der Waals surface area contributed by atoms with Gasteiger partial charge in [0.2, 0.25) is 5.69 Å². The van der Waals surface area contributed by atoms with Gasteiger partial charge in [-0.05, 0) is 24.3 Å². The van der Waals surface area contributed by atoms with Gasteiger partial charge in [0.15, 0.2) is 0 Å². The second-order valence-corrected chi connectivity index (χ2v) is 2.73. The minimum absolute atomic E-state index is 0.286. The zero-order chi connectivity index (χ0) is 9.97. The van der Waals surface area contributed by atoms with Gasteiger partial charge in [-0.2, -0.15) is 5.10 Å². The molecule has 0 atom stereocenters. The maximum Gasteiger partial charge on any atom is 0.224 e.